The lowest BCUT2D eigenvalue weighted by Gasteiger charge is -2.36. The monoisotopic (exact) mass is 397 g/mol. The van der Waals surface area contributed by atoms with Gasteiger partial charge in [-0.2, -0.15) is 11.8 Å². The lowest BCUT2D eigenvalue weighted by atomic mass is 10.2. The van der Waals surface area contributed by atoms with Gasteiger partial charge in [-0.1, -0.05) is 11.6 Å². The Bertz CT molecular complexity index is 588. The maximum Gasteiger partial charge on any atom is 0.244 e. The summed E-state index contributed by atoms with van der Waals surface area (Å²) in [6, 6.07) is 7.84. The molecule has 0 unspecified atom stereocenters. The van der Waals surface area contributed by atoms with E-state index in [0.29, 0.717) is 19.0 Å². The molecule has 0 aromatic heterocycles. The van der Waals surface area contributed by atoms with Gasteiger partial charge in [0.05, 0.1) is 0 Å². The van der Waals surface area contributed by atoms with Crippen LogP contribution >= 0.6 is 23.4 Å². The van der Waals surface area contributed by atoms with E-state index in [1.807, 2.05) is 36.1 Å². The molecule has 0 saturated carbocycles. The van der Waals surface area contributed by atoms with Crippen LogP contribution in [-0.2, 0) is 4.79 Å². The third-order valence-corrected chi connectivity index (χ3v) is 5.00. The maximum atomic E-state index is 12.4. The highest BCUT2D eigenvalue weighted by Crippen LogP contribution is 2.19. The number of benzene rings is 1. The van der Waals surface area contributed by atoms with Gasteiger partial charge in [-0.25, -0.2) is 4.99 Å². The molecule has 1 amide bonds. The Morgan fingerprint density at radius 1 is 1.19 bits per heavy atom. The van der Waals surface area contributed by atoms with Gasteiger partial charge in [0.1, 0.15) is 6.54 Å². The average Bonchev–Trinajstić information content (AvgIpc) is 2.67. The van der Waals surface area contributed by atoms with Gasteiger partial charge in [0.25, 0.3) is 0 Å². The Labute approximate surface area is 165 Å². The standard InChI is InChI=1S/C18H28ClN5OS/c1-3-20-18(21-8-13-26-2)22-14-17(25)24-11-9-23(10-12-24)16-6-4-15(19)5-7-16/h4-7H,3,8-14H2,1-2H3,(H2,20,21,22). The van der Waals surface area contributed by atoms with Gasteiger partial charge in [0.15, 0.2) is 5.96 Å². The molecule has 1 aliphatic rings. The largest absolute Gasteiger partial charge is 0.368 e. The molecule has 0 bridgehead atoms. The molecule has 1 saturated heterocycles. The van der Waals surface area contributed by atoms with Crippen molar-refractivity contribution < 1.29 is 4.79 Å². The molecule has 0 atom stereocenters. The predicted molar refractivity (Wildman–Crippen MR) is 113 cm³/mol. The van der Waals surface area contributed by atoms with Gasteiger partial charge >= 0.3 is 0 Å². The third kappa shape index (κ3) is 6.61. The Morgan fingerprint density at radius 3 is 2.50 bits per heavy atom. The molecule has 1 aromatic rings. The number of nitrogens with zero attached hydrogens (tertiary/aromatic N) is 3. The zero-order chi connectivity index (χ0) is 18.8. The van der Waals surface area contributed by atoms with E-state index in [-0.39, 0.29) is 12.5 Å². The molecule has 1 fully saturated rings. The van der Waals surface area contributed by atoms with Gasteiger partial charge in [0, 0.05) is 55.7 Å². The van der Waals surface area contributed by atoms with Crippen LogP contribution in [0, 0.1) is 0 Å². The molecule has 6 nitrogen and oxygen atoms in total. The van der Waals surface area contributed by atoms with Crippen molar-refractivity contribution in [2.24, 2.45) is 4.99 Å². The molecule has 1 heterocycles. The minimum atomic E-state index is 0.0721. The number of aliphatic imine (C=N–C) groups is 1. The fraction of sp³-hybridized carbons (Fsp3) is 0.556. The third-order valence-electron chi connectivity index (χ3n) is 4.14. The first kappa shape index (κ1) is 20.7. The summed E-state index contributed by atoms with van der Waals surface area (Å²) in [5.41, 5.74) is 1.15. The molecular weight excluding hydrogens is 370 g/mol. The minimum Gasteiger partial charge on any atom is -0.368 e. The number of carbonyl (C=O) groups excluding carboxylic acids is 1. The number of thioether (sulfide) groups is 1. The molecule has 0 aliphatic carbocycles. The second kappa shape index (κ2) is 11.2. The Balaban J connectivity index is 1.81. The van der Waals surface area contributed by atoms with Gasteiger partial charge in [0.2, 0.25) is 5.91 Å². The summed E-state index contributed by atoms with van der Waals surface area (Å²) in [6.45, 7) is 6.88. The van der Waals surface area contributed by atoms with Gasteiger partial charge in [-0.15, -0.1) is 0 Å². The van der Waals surface area contributed by atoms with Gasteiger partial charge in [-0.3, -0.25) is 4.79 Å². The van der Waals surface area contributed by atoms with E-state index in [1.54, 1.807) is 11.8 Å². The molecular formula is C18H28ClN5OS. The summed E-state index contributed by atoms with van der Waals surface area (Å²) in [4.78, 5) is 21.0. The number of guanidine groups is 1. The van der Waals surface area contributed by atoms with E-state index in [2.05, 4.69) is 26.8 Å². The number of amides is 1. The highest BCUT2D eigenvalue weighted by Gasteiger charge is 2.21. The van der Waals surface area contributed by atoms with E-state index < -0.39 is 0 Å². The number of hydrogen-bond donors (Lipinski definition) is 2. The number of halogens is 1. The number of rotatable bonds is 7. The van der Waals surface area contributed by atoms with Crippen molar-refractivity contribution in [3.63, 3.8) is 0 Å². The SMILES string of the molecule is CCNC(=NCC(=O)N1CCN(c2ccc(Cl)cc2)CC1)NCCSC. The summed E-state index contributed by atoms with van der Waals surface area (Å²) >= 11 is 7.72. The number of piperazine rings is 1. The zero-order valence-electron chi connectivity index (χ0n) is 15.5. The second-order valence-electron chi connectivity index (χ2n) is 5.96. The summed E-state index contributed by atoms with van der Waals surface area (Å²) in [7, 11) is 0. The van der Waals surface area contributed by atoms with Crippen molar-refractivity contribution in [3.8, 4) is 0 Å². The number of hydrogen-bond acceptors (Lipinski definition) is 4. The normalized spacial score (nSPS) is 15.1. The maximum absolute atomic E-state index is 12.4. The minimum absolute atomic E-state index is 0.0721. The molecule has 1 aromatic carbocycles. The van der Waals surface area contributed by atoms with Crippen molar-refractivity contribution in [2.45, 2.75) is 6.92 Å². The lowest BCUT2D eigenvalue weighted by molar-refractivity contribution is -0.129. The smallest absolute Gasteiger partial charge is 0.244 e. The Hall–Kier alpha value is -1.60. The summed E-state index contributed by atoms with van der Waals surface area (Å²) < 4.78 is 0. The van der Waals surface area contributed by atoms with Crippen LogP contribution in [0.4, 0.5) is 5.69 Å². The second-order valence-corrected chi connectivity index (χ2v) is 7.38. The molecule has 2 rings (SSSR count). The van der Waals surface area contributed by atoms with Crippen LogP contribution in [0.15, 0.2) is 29.3 Å². The topological polar surface area (TPSA) is 60.0 Å². The first-order chi connectivity index (χ1) is 12.6. The molecule has 8 heteroatoms. The van der Waals surface area contributed by atoms with Gasteiger partial charge in [-0.05, 0) is 37.4 Å². The fourth-order valence-electron chi connectivity index (χ4n) is 2.73. The lowest BCUT2D eigenvalue weighted by Crippen LogP contribution is -2.49. The summed E-state index contributed by atoms with van der Waals surface area (Å²) in [5.74, 6) is 1.78. The highest BCUT2D eigenvalue weighted by molar-refractivity contribution is 7.98. The van der Waals surface area contributed by atoms with E-state index in [4.69, 9.17) is 11.6 Å². The molecule has 2 N–H and O–H groups in total. The zero-order valence-corrected chi connectivity index (χ0v) is 17.1. The summed E-state index contributed by atoms with van der Waals surface area (Å²) in [5, 5.41) is 7.15. The summed E-state index contributed by atoms with van der Waals surface area (Å²) in [6.07, 6.45) is 2.07. The molecule has 1 aliphatic heterocycles. The van der Waals surface area contributed by atoms with Crippen LogP contribution < -0.4 is 15.5 Å². The van der Waals surface area contributed by atoms with Crippen molar-refractivity contribution >= 4 is 40.9 Å². The number of anilines is 1. The predicted octanol–water partition coefficient (Wildman–Crippen LogP) is 1.91. The van der Waals surface area contributed by atoms with E-state index in [0.717, 1.165) is 42.6 Å². The van der Waals surface area contributed by atoms with E-state index >= 15 is 0 Å². The quantitative estimate of drug-likeness (QED) is 0.418. The molecule has 0 spiro atoms. The van der Waals surface area contributed by atoms with E-state index in [9.17, 15) is 4.79 Å². The molecule has 0 radical (unpaired) electrons. The van der Waals surface area contributed by atoms with E-state index in [1.165, 1.54) is 0 Å². The van der Waals surface area contributed by atoms with Crippen LogP contribution in [0.5, 0.6) is 0 Å². The number of carbonyl (C=O) groups is 1. The van der Waals surface area contributed by atoms with Crippen molar-refractivity contribution in [1.82, 2.24) is 15.5 Å². The highest BCUT2D eigenvalue weighted by atomic mass is 35.5. The van der Waals surface area contributed by atoms with Crippen LogP contribution in [0.1, 0.15) is 6.92 Å². The van der Waals surface area contributed by atoms with Crippen molar-refractivity contribution in [2.75, 3.05) is 62.7 Å². The van der Waals surface area contributed by atoms with Crippen molar-refractivity contribution in [3.05, 3.63) is 29.3 Å². The first-order valence-corrected chi connectivity index (χ1v) is 10.7. The Kier molecular flexibility index (Phi) is 8.91. The van der Waals surface area contributed by atoms with Crippen molar-refractivity contribution in [1.29, 1.82) is 0 Å². The van der Waals surface area contributed by atoms with Crippen LogP contribution in [0.3, 0.4) is 0 Å². The first-order valence-electron chi connectivity index (χ1n) is 8.93. The molecule has 26 heavy (non-hydrogen) atoms. The van der Waals surface area contributed by atoms with Crippen LogP contribution in [0.25, 0.3) is 0 Å². The van der Waals surface area contributed by atoms with Gasteiger partial charge < -0.3 is 20.4 Å². The fourth-order valence-corrected chi connectivity index (χ4v) is 3.16. The average molecular weight is 398 g/mol. The number of nitrogens with one attached hydrogen (secondary N) is 2. The van der Waals surface area contributed by atoms with Crippen LogP contribution in [0.2, 0.25) is 5.02 Å². The molecule has 144 valence electrons. The Morgan fingerprint density at radius 2 is 1.88 bits per heavy atom. The van der Waals surface area contributed by atoms with Crippen LogP contribution in [-0.4, -0.2) is 74.6 Å².